The Bertz CT molecular complexity index is 1070. The Balaban J connectivity index is 1.54. The van der Waals surface area contributed by atoms with Crippen LogP contribution in [-0.2, 0) is 6.67 Å². The van der Waals surface area contributed by atoms with E-state index in [2.05, 4.69) is 112 Å². The maximum Gasteiger partial charge on any atom is 0.193 e. The number of hydrogen-bond donors (Lipinski definition) is 0. The molecule has 0 saturated carbocycles. The summed E-state index contributed by atoms with van der Waals surface area (Å²) < 4.78 is 2.24. The zero-order chi connectivity index (χ0) is 19.6. The van der Waals surface area contributed by atoms with Crippen LogP contribution in [0.1, 0.15) is 22.7 Å². The molecule has 3 aromatic carbocycles. The van der Waals surface area contributed by atoms with Crippen molar-refractivity contribution in [2.24, 2.45) is 0 Å². The molecule has 5 rings (SSSR count). The summed E-state index contributed by atoms with van der Waals surface area (Å²) in [4.78, 5) is 2.49. The summed E-state index contributed by atoms with van der Waals surface area (Å²) in [5.41, 5.74) is 4.94. The van der Waals surface area contributed by atoms with Crippen LogP contribution in [0.3, 0.4) is 0 Å². The Labute approximate surface area is 175 Å². The molecule has 0 fully saturated rings. The molecule has 0 spiro atoms. The largest absolute Gasteiger partial charge is 0.288 e. The Morgan fingerprint density at radius 1 is 0.828 bits per heavy atom. The molecule has 5 heteroatoms. The maximum absolute atomic E-state index is 4.51. The molecule has 0 radical (unpaired) electrons. The molecule has 2 heterocycles. The maximum atomic E-state index is 4.51. The average Bonchev–Trinajstić information content (AvgIpc) is 3.19. The third-order valence-electron chi connectivity index (χ3n) is 5.27. The van der Waals surface area contributed by atoms with Gasteiger partial charge in [-0.2, -0.15) is 0 Å². The van der Waals surface area contributed by atoms with Crippen LogP contribution < -0.4 is 0 Å². The predicted octanol–water partition coefficient (Wildman–Crippen LogP) is 5.37. The van der Waals surface area contributed by atoms with Crippen molar-refractivity contribution in [3.8, 4) is 11.4 Å². The summed E-state index contributed by atoms with van der Waals surface area (Å²) in [6, 6.07) is 30.1. The molecule has 1 aromatic heterocycles. The third kappa shape index (κ3) is 3.59. The Morgan fingerprint density at radius 3 is 2.17 bits per heavy atom. The zero-order valence-electron chi connectivity index (χ0n) is 16.3. The number of fused-ring (bicyclic) bond motifs is 1. The first-order valence-electron chi connectivity index (χ1n) is 9.76. The van der Waals surface area contributed by atoms with Gasteiger partial charge in [0.1, 0.15) is 0 Å². The second kappa shape index (κ2) is 7.85. The monoisotopic (exact) mass is 398 g/mol. The van der Waals surface area contributed by atoms with Gasteiger partial charge in [-0.15, -0.1) is 10.2 Å². The van der Waals surface area contributed by atoms with Gasteiger partial charge in [-0.25, -0.2) is 0 Å². The first-order valence-corrected chi connectivity index (χ1v) is 10.7. The summed E-state index contributed by atoms with van der Waals surface area (Å²) in [6.07, 6.45) is 0. The summed E-state index contributed by atoms with van der Waals surface area (Å²) in [7, 11) is 0. The summed E-state index contributed by atoms with van der Waals surface area (Å²) >= 11 is 1.75. The summed E-state index contributed by atoms with van der Waals surface area (Å²) in [5, 5.41) is 9.95. The van der Waals surface area contributed by atoms with Crippen LogP contribution in [0.25, 0.3) is 11.4 Å². The zero-order valence-corrected chi connectivity index (χ0v) is 17.1. The van der Waals surface area contributed by atoms with E-state index in [9.17, 15) is 0 Å². The molecule has 0 atom stereocenters. The molecule has 29 heavy (non-hydrogen) atoms. The molecule has 0 saturated heterocycles. The molecule has 0 bridgehead atoms. The third-order valence-corrected chi connectivity index (χ3v) is 6.29. The lowest BCUT2D eigenvalue weighted by Gasteiger charge is -2.35. The quantitative estimate of drug-likeness (QED) is 0.463. The minimum atomic E-state index is 0.186. The Hall–Kier alpha value is -2.89. The van der Waals surface area contributed by atoms with E-state index >= 15 is 0 Å². The fourth-order valence-corrected chi connectivity index (χ4v) is 4.84. The van der Waals surface area contributed by atoms with Gasteiger partial charge in [-0.05, 0) is 24.1 Å². The lowest BCUT2D eigenvalue weighted by atomic mass is 9.98. The normalized spacial score (nSPS) is 14.1. The number of nitrogens with zero attached hydrogens (tertiary/aromatic N) is 4. The molecule has 1 aliphatic rings. The van der Waals surface area contributed by atoms with Crippen molar-refractivity contribution in [1.82, 2.24) is 19.7 Å². The summed E-state index contributed by atoms with van der Waals surface area (Å²) in [5.74, 6) is 1.81. The van der Waals surface area contributed by atoms with Crippen molar-refractivity contribution >= 4 is 11.8 Å². The molecular weight excluding hydrogens is 376 g/mol. The topological polar surface area (TPSA) is 34.0 Å². The first-order chi connectivity index (χ1) is 14.3. The van der Waals surface area contributed by atoms with Gasteiger partial charge in [0, 0.05) is 5.56 Å². The molecule has 4 nitrogen and oxygen atoms in total. The number of hydrogen-bond acceptors (Lipinski definition) is 4. The fourth-order valence-electron chi connectivity index (χ4n) is 3.92. The number of aromatic nitrogens is 3. The molecule has 0 amide bonds. The highest BCUT2D eigenvalue weighted by Crippen LogP contribution is 2.36. The Kier molecular flexibility index (Phi) is 4.92. The molecule has 144 valence electrons. The highest BCUT2D eigenvalue weighted by atomic mass is 32.2. The van der Waals surface area contributed by atoms with E-state index in [4.69, 9.17) is 0 Å². The van der Waals surface area contributed by atoms with Crippen molar-refractivity contribution in [1.29, 1.82) is 0 Å². The first kappa shape index (κ1) is 18.2. The van der Waals surface area contributed by atoms with E-state index in [0.29, 0.717) is 0 Å². The smallest absolute Gasteiger partial charge is 0.193 e. The number of aryl methyl sites for hydroxylation is 1. The van der Waals surface area contributed by atoms with Crippen LogP contribution in [0, 0.1) is 6.92 Å². The number of rotatable bonds is 4. The standard InChI is InChI=1S/C24H22N4S/c1-18-9-8-14-21(15-18)23-25-26-24-28(23)16-27(17-29-24)22(19-10-4-2-5-11-19)20-12-6-3-7-13-20/h2-15,22H,16-17H2,1H3. The van der Waals surface area contributed by atoms with Gasteiger partial charge in [-0.3, -0.25) is 9.47 Å². The molecule has 4 aromatic rings. The van der Waals surface area contributed by atoms with E-state index in [1.54, 1.807) is 11.8 Å². The van der Waals surface area contributed by atoms with E-state index < -0.39 is 0 Å². The highest BCUT2D eigenvalue weighted by molar-refractivity contribution is 7.99. The highest BCUT2D eigenvalue weighted by Gasteiger charge is 2.29. The van der Waals surface area contributed by atoms with Gasteiger partial charge in [0.2, 0.25) is 0 Å². The van der Waals surface area contributed by atoms with E-state index in [-0.39, 0.29) is 6.04 Å². The Morgan fingerprint density at radius 2 is 1.52 bits per heavy atom. The van der Waals surface area contributed by atoms with Gasteiger partial charge in [-0.1, -0.05) is 96.2 Å². The minimum absolute atomic E-state index is 0.186. The summed E-state index contributed by atoms with van der Waals surface area (Å²) in [6.45, 7) is 2.87. The minimum Gasteiger partial charge on any atom is -0.288 e. The SMILES string of the molecule is Cc1cccc(-c2nnc3n2CN(C(c2ccccc2)c2ccccc2)CS3)c1. The van der Waals surface area contributed by atoms with Gasteiger partial charge in [0.25, 0.3) is 0 Å². The second-order valence-electron chi connectivity index (χ2n) is 7.33. The van der Waals surface area contributed by atoms with Crippen LogP contribution in [0.5, 0.6) is 0 Å². The van der Waals surface area contributed by atoms with Crippen molar-refractivity contribution in [2.45, 2.75) is 24.8 Å². The molecule has 1 aliphatic heterocycles. The van der Waals surface area contributed by atoms with Gasteiger partial charge < -0.3 is 0 Å². The van der Waals surface area contributed by atoms with Gasteiger partial charge in [0.15, 0.2) is 11.0 Å². The van der Waals surface area contributed by atoms with E-state index in [0.717, 1.165) is 29.1 Å². The average molecular weight is 399 g/mol. The molecular formula is C24H22N4S. The van der Waals surface area contributed by atoms with Crippen molar-refractivity contribution in [2.75, 3.05) is 5.88 Å². The van der Waals surface area contributed by atoms with Gasteiger partial charge in [0.05, 0.1) is 18.6 Å². The van der Waals surface area contributed by atoms with Crippen LogP contribution >= 0.6 is 11.8 Å². The van der Waals surface area contributed by atoms with Crippen molar-refractivity contribution < 1.29 is 0 Å². The lowest BCUT2D eigenvalue weighted by molar-refractivity contribution is 0.195. The fraction of sp³-hybridized carbons (Fsp3) is 0.167. The molecule has 0 N–H and O–H groups in total. The lowest BCUT2D eigenvalue weighted by Crippen LogP contribution is -2.34. The van der Waals surface area contributed by atoms with Crippen LogP contribution in [0.2, 0.25) is 0 Å². The number of benzene rings is 3. The van der Waals surface area contributed by atoms with E-state index in [1.807, 2.05) is 0 Å². The van der Waals surface area contributed by atoms with Crippen molar-refractivity contribution in [3.63, 3.8) is 0 Å². The van der Waals surface area contributed by atoms with Crippen LogP contribution in [0.15, 0.2) is 90.1 Å². The number of thioether (sulfide) groups is 1. The second-order valence-corrected chi connectivity index (χ2v) is 8.24. The molecule has 0 aliphatic carbocycles. The van der Waals surface area contributed by atoms with Crippen molar-refractivity contribution in [3.05, 3.63) is 102 Å². The van der Waals surface area contributed by atoms with Crippen LogP contribution in [-0.4, -0.2) is 25.5 Å². The van der Waals surface area contributed by atoms with Crippen LogP contribution in [0.4, 0.5) is 0 Å². The molecule has 0 unspecified atom stereocenters. The van der Waals surface area contributed by atoms with Gasteiger partial charge >= 0.3 is 0 Å². The van der Waals surface area contributed by atoms with E-state index in [1.165, 1.54) is 16.7 Å². The predicted molar refractivity (Wildman–Crippen MR) is 117 cm³/mol.